The number of hydrogen-bond donors (Lipinski definition) is 0. The van der Waals surface area contributed by atoms with Gasteiger partial charge in [0.2, 0.25) is 0 Å². The fourth-order valence-electron chi connectivity index (χ4n) is 7.35. The minimum atomic E-state index is -2.04. The molecule has 2 aliphatic rings. The van der Waals surface area contributed by atoms with E-state index in [0.717, 1.165) is 12.8 Å². The molecule has 1 heteroatoms. The molecular formula is C36H40Si. The third kappa shape index (κ3) is 4.03. The Labute approximate surface area is 224 Å². The predicted molar refractivity (Wildman–Crippen MR) is 166 cm³/mol. The monoisotopic (exact) mass is 500 g/mol. The van der Waals surface area contributed by atoms with Crippen molar-refractivity contribution in [1.29, 1.82) is 0 Å². The van der Waals surface area contributed by atoms with Crippen LogP contribution in [0.15, 0.2) is 83.9 Å². The molecule has 0 N–H and O–H groups in total. The van der Waals surface area contributed by atoms with Crippen LogP contribution in [0.25, 0.3) is 31.9 Å². The van der Waals surface area contributed by atoms with Gasteiger partial charge in [0, 0.05) is 0 Å². The third-order valence-corrected chi connectivity index (χ3v) is 12.7. The molecule has 2 aliphatic carbocycles. The highest BCUT2D eigenvalue weighted by atomic mass is 28.3. The molecule has 0 aliphatic heterocycles. The van der Waals surface area contributed by atoms with Crippen LogP contribution in [0, 0.1) is 0 Å². The maximum absolute atomic E-state index is 2.68. The maximum Gasteiger partial charge on any atom is 0.113 e. The van der Waals surface area contributed by atoms with Gasteiger partial charge < -0.3 is 0 Å². The molecule has 0 nitrogen and oxygen atoms in total. The Morgan fingerprint density at radius 3 is 1.43 bits per heavy atom. The lowest BCUT2D eigenvalue weighted by Gasteiger charge is -2.32. The Hall–Kier alpha value is -2.90. The Balaban J connectivity index is 1.63. The van der Waals surface area contributed by atoms with Gasteiger partial charge in [0.05, 0.1) is 0 Å². The van der Waals surface area contributed by atoms with E-state index in [2.05, 4.69) is 99.7 Å². The number of benzene rings is 4. The summed E-state index contributed by atoms with van der Waals surface area (Å²) in [5.74, 6) is 0. The topological polar surface area (TPSA) is 0 Å². The Morgan fingerprint density at radius 1 is 0.568 bits per heavy atom. The summed E-state index contributed by atoms with van der Waals surface area (Å²) in [5, 5.41) is 9.23. The van der Waals surface area contributed by atoms with Crippen molar-refractivity contribution in [2.75, 3.05) is 0 Å². The highest BCUT2D eigenvalue weighted by molar-refractivity contribution is 7.09. The summed E-state index contributed by atoms with van der Waals surface area (Å²) in [6, 6.07) is 27.8. The first-order valence-electron chi connectivity index (χ1n) is 14.5. The van der Waals surface area contributed by atoms with Gasteiger partial charge in [-0.05, 0) is 92.7 Å². The van der Waals surface area contributed by atoms with E-state index in [-0.39, 0.29) is 0 Å². The molecule has 0 aromatic heterocycles. The summed E-state index contributed by atoms with van der Waals surface area (Å²) in [5.41, 5.74) is 9.79. The zero-order valence-corrected chi connectivity index (χ0v) is 24.1. The Morgan fingerprint density at radius 2 is 1.00 bits per heavy atom. The van der Waals surface area contributed by atoms with E-state index in [0.29, 0.717) is 0 Å². The highest BCUT2D eigenvalue weighted by Gasteiger charge is 2.42. The van der Waals surface area contributed by atoms with Gasteiger partial charge in [0.25, 0.3) is 0 Å². The molecule has 0 radical (unpaired) electrons. The molecule has 37 heavy (non-hydrogen) atoms. The number of rotatable bonds is 8. The first-order chi connectivity index (χ1) is 18.0. The van der Waals surface area contributed by atoms with E-state index in [4.69, 9.17) is 0 Å². The van der Waals surface area contributed by atoms with E-state index in [9.17, 15) is 0 Å². The van der Waals surface area contributed by atoms with Crippen molar-refractivity contribution >= 4 is 40.0 Å². The van der Waals surface area contributed by atoms with Gasteiger partial charge in [-0.25, -0.2) is 0 Å². The molecule has 0 atom stereocenters. The summed E-state index contributed by atoms with van der Waals surface area (Å²) < 4.78 is 0. The smallest absolute Gasteiger partial charge is 0.0655 e. The van der Waals surface area contributed by atoms with Crippen LogP contribution in [-0.2, 0) is 12.8 Å². The molecule has 0 saturated carbocycles. The molecule has 0 fully saturated rings. The maximum atomic E-state index is 2.68. The van der Waals surface area contributed by atoms with Gasteiger partial charge in [0.1, 0.15) is 8.07 Å². The second kappa shape index (κ2) is 9.76. The van der Waals surface area contributed by atoms with Crippen LogP contribution in [0.2, 0.25) is 13.1 Å². The number of hydrogen-bond acceptors (Lipinski definition) is 0. The molecule has 0 bridgehead atoms. The van der Waals surface area contributed by atoms with Crippen LogP contribution < -0.4 is 0 Å². The van der Waals surface area contributed by atoms with E-state index in [1.807, 2.05) is 0 Å². The first kappa shape index (κ1) is 24.4. The van der Waals surface area contributed by atoms with Gasteiger partial charge in [-0.3, -0.25) is 0 Å². The normalized spacial score (nSPS) is 15.2. The van der Waals surface area contributed by atoms with Crippen LogP contribution in [-0.4, -0.2) is 8.07 Å². The first-order valence-corrected chi connectivity index (χ1v) is 17.5. The van der Waals surface area contributed by atoms with Crippen molar-refractivity contribution < 1.29 is 0 Å². The number of unbranched alkanes of at least 4 members (excludes halogenated alkanes) is 2. The Kier molecular flexibility index (Phi) is 6.45. The summed E-state index contributed by atoms with van der Waals surface area (Å²) in [7, 11) is -2.04. The average Bonchev–Trinajstić information content (AvgIpc) is 3.50. The largest absolute Gasteiger partial charge is 0.113 e. The summed E-state index contributed by atoms with van der Waals surface area (Å²) in [4.78, 5) is 0. The minimum absolute atomic E-state index is 1.14. The SMILES string of the molecule is CCCCC1=C([Si](C)(C)C2=C(CCCC)Cc3ccc4ccccc4c32)c2c(ccc3ccccc23)C1. The van der Waals surface area contributed by atoms with E-state index >= 15 is 0 Å². The molecule has 0 heterocycles. The summed E-state index contributed by atoms with van der Waals surface area (Å²) in [6.45, 7) is 10.0. The van der Waals surface area contributed by atoms with Gasteiger partial charge in [-0.1, -0.05) is 124 Å². The summed E-state index contributed by atoms with van der Waals surface area (Å²) in [6.07, 6.45) is 9.86. The minimum Gasteiger partial charge on any atom is -0.0655 e. The standard InChI is InChI=1S/C36H40Si/c1-5-7-13-29-23-27-21-19-25-15-9-11-17-31(25)33(27)35(29)37(3,4)36-30(14-8-6-2)24-28-22-20-26-16-10-12-18-32(26)34(28)36/h9-12,15-22H,5-8,13-14,23-24H2,1-4H3. The van der Waals surface area contributed by atoms with Crippen molar-refractivity contribution in [3.05, 3.63) is 106 Å². The molecule has 0 spiro atoms. The molecular weight excluding hydrogens is 460 g/mol. The van der Waals surface area contributed by atoms with Crippen LogP contribution in [0.5, 0.6) is 0 Å². The second-order valence-corrected chi connectivity index (χ2v) is 16.0. The van der Waals surface area contributed by atoms with E-state index in [1.54, 1.807) is 43.8 Å². The molecule has 188 valence electrons. The predicted octanol–water partition coefficient (Wildman–Crippen LogP) is 10.5. The highest BCUT2D eigenvalue weighted by Crippen LogP contribution is 2.52. The third-order valence-electron chi connectivity index (χ3n) is 8.96. The lowest BCUT2D eigenvalue weighted by Crippen LogP contribution is -2.31. The van der Waals surface area contributed by atoms with Crippen molar-refractivity contribution in [2.24, 2.45) is 0 Å². The van der Waals surface area contributed by atoms with E-state index < -0.39 is 8.07 Å². The fraction of sp³-hybridized carbons (Fsp3) is 0.333. The van der Waals surface area contributed by atoms with Gasteiger partial charge >= 0.3 is 0 Å². The van der Waals surface area contributed by atoms with Crippen LogP contribution in [0.4, 0.5) is 0 Å². The lowest BCUT2D eigenvalue weighted by atomic mass is 10.0. The van der Waals surface area contributed by atoms with Crippen molar-refractivity contribution in [3.8, 4) is 0 Å². The zero-order chi connectivity index (χ0) is 25.6. The van der Waals surface area contributed by atoms with Crippen LogP contribution in [0.3, 0.4) is 0 Å². The van der Waals surface area contributed by atoms with Crippen molar-refractivity contribution in [2.45, 2.75) is 78.3 Å². The van der Waals surface area contributed by atoms with Gasteiger partial charge in [-0.2, -0.15) is 0 Å². The number of fused-ring (bicyclic) bond motifs is 6. The summed E-state index contributed by atoms with van der Waals surface area (Å²) >= 11 is 0. The van der Waals surface area contributed by atoms with Crippen LogP contribution in [0.1, 0.15) is 74.6 Å². The molecule has 0 unspecified atom stereocenters. The lowest BCUT2D eigenvalue weighted by molar-refractivity contribution is 0.778. The van der Waals surface area contributed by atoms with E-state index in [1.165, 1.54) is 60.1 Å². The number of allylic oxidation sites excluding steroid dienone is 2. The molecule has 4 aromatic carbocycles. The van der Waals surface area contributed by atoms with Gasteiger partial charge in [-0.15, -0.1) is 0 Å². The van der Waals surface area contributed by atoms with Crippen molar-refractivity contribution in [3.63, 3.8) is 0 Å². The molecule has 4 aromatic rings. The zero-order valence-electron chi connectivity index (χ0n) is 23.1. The Bertz CT molecular complexity index is 1450. The van der Waals surface area contributed by atoms with Gasteiger partial charge in [0.15, 0.2) is 0 Å². The molecule has 0 amide bonds. The fourth-order valence-corrected chi connectivity index (χ4v) is 11.6. The average molecular weight is 501 g/mol. The molecule has 6 rings (SSSR count). The molecule has 0 saturated heterocycles. The van der Waals surface area contributed by atoms with Crippen molar-refractivity contribution in [1.82, 2.24) is 0 Å². The van der Waals surface area contributed by atoms with Crippen LogP contribution >= 0.6 is 0 Å². The quantitative estimate of drug-likeness (QED) is 0.211. The second-order valence-electron chi connectivity index (χ2n) is 11.8.